The Hall–Kier alpha value is -3.17. The molecule has 2 heterocycles. The summed E-state index contributed by atoms with van der Waals surface area (Å²) < 4.78 is 38.6. The fourth-order valence-corrected chi connectivity index (χ4v) is 5.42. The molecule has 168 valence electrons. The maximum Gasteiger partial charge on any atom is 0.243 e. The molecular formula is C23H26N4O4S. The van der Waals surface area contributed by atoms with Crippen LogP contribution in [0.3, 0.4) is 0 Å². The number of hydrogen-bond acceptors (Lipinski definition) is 7. The van der Waals surface area contributed by atoms with Gasteiger partial charge < -0.3 is 14.8 Å². The maximum absolute atomic E-state index is 13.2. The van der Waals surface area contributed by atoms with Gasteiger partial charge in [-0.25, -0.2) is 18.4 Å². The van der Waals surface area contributed by atoms with Gasteiger partial charge in [0.1, 0.15) is 11.5 Å². The smallest absolute Gasteiger partial charge is 0.243 e. The molecule has 0 saturated heterocycles. The zero-order chi connectivity index (χ0) is 22.9. The molecular weight excluding hydrogens is 428 g/mol. The minimum atomic E-state index is -3.60. The highest BCUT2D eigenvalue weighted by atomic mass is 32.2. The van der Waals surface area contributed by atoms with Crippen molar-refractivity contribution in [1.29, 1.82) is 0 Å². The monoisotopic (exact) mass is 454 g/mol. The number of anilines is 2. The van der Waals surface area contributed by atoms with Gasteiger partial charge in [0.05, 0.1) is 24.8 Å². The van der Waals surface area contributed by atoms with Gasteiger partial charge in [-0.1, -0.05) is 12.1 Å². The van der Waals surface area contributed by atoms with Gasteiger partial charge in [-0.05, 0) is 31.0 Å². The largest absolute Gasteiger partial charge is 0.497 e. The molecule has 0 atom stereocenters. The highest BCUT2D eigenvalue weighted by molar-refractivity contribution is 7.89. The lowest BCUT2D eigenvalue weighted by atomic mass is 10.1. The van der Waals surface area contributed by atoms with Crippen molar-refractivity contribution in [2.24, 2.45) is 0 Å². The van der Waals surface area contributed by atoms with Crippen LogP contribution in [0.5, 0.6) is 11.5 Å². The van der Waals surface area contributed by atoms with E-state index in [0.29, 0.717) is 35.3 Å². The summed E-state index contributed by atoms with van der Waals surface area (Å²) in [4.78, 5) is 9.36. The minimum Gasteiger partial charge on any atom is -0.497 e. The van der Waals surface area contributed by atoms with E-state index in [1.54, 1.807) is 32.5 Å². The zero-order valence-electron chi connectivity index (χ0n) is 18.5. The van der Waals surface area contributed by atoms with Gasteiger partial charge in [-0.2, -0.15) is 4.31 Å². The van der Waals surface area contributed by atoms with Crippen molar-refractivity contribution in [3.8, 4) is 11.5 Å². The summed E-state index contributed by atoms with van der Waals surface area (Å²) in [6, 6.07) is 10.9. The molecule has 0 saturated carbocycles. The summed E-state index contributed by atoms with van der Waals surface area (Å²) in [6.07, 6.45) is 2.20. The number of nitrogens with zero attached hydrogens (tertiary/aromatic N) is 3. The van der Waals surface area contributed by atoms with Gasteiger partial charge in [-0.3, -0.25) is 0 Å². The molecule has 9 heteroatoms. The maximum atomic E-state index is 13.2. The van der Waals surface area contributed by atoms with E-state index in [2.05, 4.69) is 15.3 Å². The molecule has 0 fully saturated rings. The lowest BCUT2D eigenvalue weighted by Crippen LogP contribution is -2.36. The Morgan fingerprint density at radius 1 is 1.03 bits per heavy atom. The van der Waals surface area contributed by atoms with Crippen molar-refractivity contribution >= 4 is 21.7 Å². The van der Waals surface area contributed by atoms with Crippen LogP contribution in [0.2, 0.25) is 0 Å². The Morgan fingerprint density at radius 3 is 2.44 bits per heavy atom. The van der Waals surface area contributed by atoms with E-state index in [4.69, 9.17) is 9.47 Å². The van der Waals surface area contributed by atoms with Gasteiger partial charge in [0.15, 0.2) is 0 Å². The molecule has 4 rings (SSSR count). The third-order valence-electron chi connectivity index (χ3n) is 5.47. The molecule has 1 aromatic heterocycles. The summed E-state index contributed by atoms with van der Waals surface area (Å²) in [5, 5.41) is 3.17. The predicted octanol–water partition coefficient (Wildman–Crippen LogP) is 3.60. The number of ether oxygens (including phenoxy) is 2. The second-order valence-electron chi connectivity index (χ2n) is 7.75. The average molecular weight is 455 g/mol. The molecule has 2 aromatic carbocycles. The van der Waals surface area contributed by atoms with Gasteiger partial charge in [0, 0.05) is 55.2 Å². The van der Waals surface area contributed by atoms with Crippen LogP contribution in [-0.2, 0) is 23.0 Å². The van der Waals surface area contributed by atoms with Crippen molar-refractivity contribution < 1.29 is 17.9 Å². The fraction of sp³-hybridized carbons (Fsp3) is 0.304. The molecule has 8 nitrogen and oxygen atoms in total. The first kappa shape index (κ1) is 22.0. The van der Waals surface area contributed by atoms with Crippen molar-refractivity contribution in [1.82, 2.24) is 14.3 Å². The van der Waals surface area contributed by atoms with Crippen LogP contribution in [-0.4, -0.2) is 43.5 Å². The highest BCUT2D eigenvalue weighted by Gasteiger charge is 2.30. The molecule has 3 aromatic rings. The standard InChI is InChI=1S/C23H26N4O4S/c1-15-5-6-16(2)22(9-15)32(28,29)27-8-7-21-17(14-27)13-24-23(26-21)25-18-10-19(30-3)12-20(11-18)31-4/h5-6,9-13H,7-8,14H2,1-4H3,(H,24,25,26). The Kier molecular flexibility index (Phi) is 6.03. The Bertz CT molecular complexity index is 1240. The Labute approximate surface area is 188 Å². The van der Waals surface area contributed by atoms with Gasteiger partial charge >= 0.3 is 0 Å². The van der Waals surface area contributed by atoms with Crippen molar-refractivity contribution in [3.05, 3.63) is 65.0 Å². The van der Waals surface area contributed by atoms with Crippen LogP contribution in [0.1, 0.15) is 22.4 Å². The van der Waals surface area contributed by atoms with Crippen LogP contribution < -0.4 is 14.8 Å². The molecule has 32 heavy (non-hydrogen) atoms. The summed E-state index contributed by atoms with van der Waals surface area (Å²) in [5.41, 5.74) is 4.03. The third-order valence-corrected chi connectivity index (χ3v) is 7.46. The van der Waals surface area contributed by atoms with Gasteiger partial charge in [0.25, 0.3) is 0 Å². The summed E-state index contributed by atoms with van der Waals surface area (Å²) in [6.45, 7) is 4.33. The van der Waals surface area contributed by atoms with Crippen LogP contribution in [0.25, 0.3) is 0 Å². The molecule has 1 aliphatic heterocycles. The topological polar surface area (TPSA) is 93.6 Å². The first-order valence-corrected chi connectivity index (χ1v) is 11.7. The van der Waals surface area contributed by atoms with Crippen LogP contribution in [0.15, 0.2) is 47.5 Å². The Balaban J connectivity index is 1.56. The van der Waals surface area contributed by atoms with E-state index < -0.39 is 10.0 Å². The van der Waals surface area contributed by atoms with Crippen molar-refractivity contribution in [2.75, 3.05) is 26.1 Å². The average Bonchev–Trinajstić information content (AvgIpc) is 2.79. The predicted molar refractivity (Wildman–Crippen MR) is 122 cm³/mol. The van der Waals surface area contributed by atoms with Crippen LogP contribution >= 0.6 is 0 Å². The second kappa shape index (κ2) is 8.76. The van der Waals surface area contributed by atoms with E-state index in [1.165, 1.54) is 4.31 Å². The first-order valence-electron chi connectivity index (χ1n) is 10.2. The molecule has 0 unspecified atom stereocenters. The van der Waals surface area contributed by atoms with Crippen molar-refractivity contribution in [3.63, 3.8) is 0 Å². The summed E-state index contributed by atoms with van der Waals surface area (Å²) in [7, 11) is -0.419. The lowest BCUT2D eigenvalue weighted by Gasteiger charge is -2.28. The molecule has 0 aliphatic carbocycles. The lowest BCUT2D eigenvalue weighted by molar-refractivity contribution is 0.387. The number of sulfonamides is 1. The van der Waals surface area contributed by atoms with E-state index in [0.717, 1.165) is 28.1 Å². The second-order valence-corrected chi connectivity index (χ2v) is 9.66. The highest BCUT2D eigenvalue weighted by Crippen LogP contribution is 2.29. The molecule has 0 spiro atoms. The summed E-state index contributed by atoms with van der Waals surface area (Å²) in [5.74, 6) is 1.74. The van der Waals surface area contributed by atoms with Gasteiger partial charge in [-0.15, -0.1) is 0 Å². The molecule has 0 radical (unpaired) electrons. The number of rotatable bonds is 6. The number of nitrogens with one attached hydrogen (secondary N) is 1. The molecule has 0 amide bonds. The number of fused-ring (bicyclic) bond motifs is 1. The number of hydrogen-bond donors (Lipinski definition) is 1. The quantitative estimate of drug-likeness (QED) is 0.608. The molecule has 0 bridgehead atoms. The van der Waals surface area contributed by atoms with E-state index in [-0.39, 0.29) is 6.54 Å². The van der Waals surface area contributed by atoms with E-state index in [1.807, 2.05) is 38.1 Å². The number of benzene rings is 2. The SMILES string of the molecule is COc1cc(Nc2ncc3c(n2)CCN(S(=O)(=O)c2cc(C)ccc2C)C3)cc(OC)c1. The van der Waals surface area contributed by atoms with Crippen molar-refractivity contribution in [2.45, 2.75) is 31.7 Å². The van der Waals surface area contributed by atoms with E-state index in [9.17, 15) is 8.42 Å². The minimum absolute atomic E-state index is 0.248. The fourth-order valence-electron chi connectivity index (χ4n) is 3.69. The number of aryl methyl sites for hydroxylation is 2. The number of methoxy groups -OCH3 is 2. The third kappa shape index (κ3) is 4.39. The Morgan fingerprint density at radius 2 is 1.75 bits per heavy atom. The zero-order valence-corrected chi connectivity index (χ0v) is 19.4. The van der Waals surface area contributed by atoms with Crippen LogP contribution in [0, 0.1) is 13.8 Å². The van der Waals surface area contributed by atoms with Gasteiger partial charge in [0.2, 0.25) is 16.0 Å². The molecule has 1 N–H and O–H groups in total. The molecule has 1 aliphatic rings. The normalized spacial score (nSPS) is 14.0. The van der Waals surface area contributed by atoms with Crippen LogP contribution in [0.4, 0.5) is 11.6 Å². The van der Waals surface area contributed by atoms with E-state index >= 15 is 0 Å². The number of aromatic nitrogens is 2. The first-order chi connectivity index (χ1) is 15.3. The summed E-state index contributed by atoms with van der Waals surface area (Å²) >= 11 is 0.